The molecule has 0 spiro atoms. The summed E-state index contributed by atoms with van der Waals surface area (Å²) in [7, 11) is 0. The van der Waals surface area contributed by atoms with Crippen LogP contribution in [0.15, 0.2) is 46.9 Å². The third kappa shape index (κ3) is 3.53. The predicted molar refractivity (Wildman–Crippen MR) is 72.8 cm³/mol. The summed E-state index contributed by atoms with van der Waals surface area (Å²) in [5, 5.41) is -0.454. The predicted octanol–water partition coefficient (Wildman–Crippen LogP) is 5.25. The van der Waals surface area contributed by atoms with Gasteiger partial charge in [-0.25, -0.2) is 8.78 Å². The Bertz CT molecular complexity index is 537. The zero-order valence-electron chi connectivity index (χ0n) is 9.34. The molecule has 0 aliphatic rings. The minimum Gasteiger partial charge on any atom is -0.207 e. The van der Waals surface area contributed by atoms with Crippen molar-refractivity contribution >= 4 is 27.5 Å². The van der Waals surface area contributed by atoms with Crippen molar-refractivity contribution in [1.82, 2.24) is 0 Å². The Morgan fingerprint density at radius 3 is 2.33 bits per heavy atom. The fraction of sp³-hybridized carbons (Fsp3) is 0.143. The van der Waals surface area contributed by atoms with Crippen LogP contribution in [0.25, 0.3) is 0 Å². The Balaban J connectivity index is 2.19. The highest BCUT2D eigenvalue weighted by atomic mass is 79.9. The molecule has 0 saturated carbocycles. The molecule has 0 fully saturated rings. The van der Waals surface area contributed by atoms with Gasteiger partial charge < -0.3 is 0 Å². The van der Waals surface area contributed by atoms with Crippen molar-refractivity contribution in [1.29, 1.82) is 0 Å². The quantitative estimate of drug-likeness (QED) is 0.674. The van der Waals surface area contributed by atoms with Crippen molar-refractivity contribution in [3.05, 3.63) is 69.7 Å². The lowest BCUT2D eigenvalue weighted by atomic mass is 10.0. The van der Waals surface area contributed by atoms with Crippen molar-refractivity contribution in [2.45, 2.75) is 11.8 Å². The van der Waals surface area contributed by atoms with Crippen LogP contribution in [-0.2, 0) is 6.42 Å². The molecule has 4 heteroatoms. The summed E-state index contributed by atoms with van der Waals surface area (Å²) >= 11 is 9.56. The Morgan fingerprint density at radius 1 is 1.06 bits per heavy atom. The van der Waals surface area contributed by atoms with Gasteiger partial charge in [-0.15, -0.1) is 11.6 Å². The maximum Gasteiger partial charge on any atom is 0.126 e. The molecule has 0 aromatic heterocycles. The molecule has 2 aromatic carbocycles. The number of alkyl halides is 1. The molecule has 1 unspecified atom stereocenters. The van der Waals surface area contributed by atoms with Crippen LogP contribution in [0.2, 0.25) is 0 Å². The molecule has 0 heterocycles. The molecule has 0 amide bonds. The van der Waals surface area contributed by atoms with Gasteiger partial charge in [0.1, 0.15) is 11.6 Å². The standard InChI is InChI=1S/C14H10BrClF2/c15-11-3-1-2-9(4-11)5-14(16)10-6-12(17)8-13(18)7-10/h1-4,6-8,14H,5H2. The van der Waals surface area contributed by atoms with Crippen molar-refractivity contribution in [3.8, 4) is 0 Å². The topological polar surface area (TPSA) is 0 Å². The molecule has 0 saturated heterocycles. The van der Waals surface area contributed by atoms with Crippen molar-refractivity contribution < 1.29 is 8.78 Å². The van der Waals surface area contributed by atoms with E-state index in [-0.39, 0.29) is 0 Å². The number of hydrogen-bond acceptors (Lipinski definition) is 0. The van der Waals surface area contributed by atoms with Crippen LogP contribution in [0.1, 0.15) is 16.5 Å². The van der Waals surface area contributed by atoms with Gasteiger partial charge in [-0.2, -0.15) is 0 Å². The SMILES string of the molecule is Fc1cc(F)cc(C(Cl)Cc2cccc(Br)c2)c1. The minimum atomic E-state index is -0.607. The first-order valence-corrected chi connectivity index (χ1v) is 6.62. The van der Waals surface area contributed by atoms with Gasteiger partial charge in [-0.3, -0.25) is 0 Å². The molecule has 0 aliphatic heterocycles. The lowest BCUT2D eigenvalue weighted by Crippen LogP contribution is -1.97. The second-order valence-electron chi connectivity index (χ2n) is 4.00. The highest BCUT2D eigenvalue weighted by Crippen LogP contribution is 2.27. The van der Waals surface area contributed by atoms with Gasteiger partial charge in [-0.1, -0.05) is 28.1 Å². The average Bonchev–Trinajstić information content (AvgIpc) is 2.27. The highest BCUT2D eigenvalue weighted by molar-refractivity contribution is 9.10. The van der Waals surface area contributed by atoms with E-state index in [2.05, 4.69) is 15.9 Å². The summed E-state index contributed by atoms with van der Waals surface area (Å²) in [4.78, 5) is 0. The second-order valence-corrected chi connectivity index (χ2v) is 5.45. The Labute approximate surface area is 118 Å². The summed E-state index contributed by atoms with van der Waals surface area (Å²) in [6.07, 6.45) is 0.518. The summed E-state index contributed by atoms with van der Waals surface area (Å²) in [5.74, 6) is -1.21. The molecule has 2 aromatic rings. The largest absolute Gasteiger partial charge is 0.207 e. The van der Waals surface area contributed by atoms with Crippen LogP contribution in [0.3, 0.4) is 0 Å². The molecule has 0 nitrogen and oxygen atoms in total. The van der Waals surface area contributed by atoms with E-state index in [4.69, 9.17) is 11.6 Å². The third-order valence-corrected chi connectivity index (χ3v) is 3.45. The fourth-order valence-corrected chi connectivity index (χ4v) is 2.50. The van der Waals surface area contributed by atoms with Gasteiger partial charge >= 0.3 is 0 Å². The highest BCUT2D eigenvalue weighted by Gasteiger charge is 2.11. The Hall–Kier alpha value is -0.930. The molecule has 2 rings (SSSR count). The summed E-state index contributed by atoms with van der Waals surface area (Å²) in [6.45, 7) is 0. The molecule has 0 bridgehead atoms. The smallest absolute Gasteiger partial charge is 0.126 e. The first kappa shape index (κ1) is 13.5. The van der Waals surface area contributed by atoms with E-state index in [0.717, 1.165) is 16.1 Å². The molecule has 1 atom stereocenters. The lowest BCUT2D eigenvalue weighted by molar-refractivity contribution is 0.579. The summed E-state index contributed by atoms with van der Waals surface area (Å²) in [5.41, 5.74) is 1.46. The Kier molecular flexibility index (Phi) is 4.36. The Morgan fingerprint density at radius 2 is 1.72 bits per heavy atom. The minimum absolute atomic E-state index is 0.453. The van der Waals surface area contributed by atoms with Crippen LogP contribution in [0.4, 0.5) is 8.78 Å². The fourth-order valence-electron chi connectivity index (χ4n) is 1.74. The number of halogens is 4. The zero-order chi connectivity index (χ0) is 13.1. The van der Waals surface area contributed by atoms with Crippen molar-refractivity contribution in [2.24, 2.45) is 0 Å². The normalized spacial score (nSPS) is 12.4. The molecule has 0 aliphatic carbocycles. The molecule has 94 valence electrons. The molecular formula is C14H10BrClF2. The molecule has 0 N–H and O–H groups in total. The molecular weight excluding hydrogens is 322 g/mol. The van der Waals surface area contributed by atoms with Gasteiger partial charge in [0.25, 0.3) is 0 Å². The second kappa shape index (κ2) is 5.81. The summed E-state index contributed by atoms with van der Waals surface area (Å²) < 4.78 is 27.1. The average molecular weight is 332 g/mol. The van der Waals surface area contributed by atoms with Gasteiger partial charge in [0.2, 0.25) is 0 Å². The number of rotatable bonds is 3. The van der Waals surface area contributed by atoms with E-state index in [9.17, 15) is 8.78 Å². The first-order valence-electron chi connectivity index (χ1n) is 5.39. The van der Waals surface area contributed by atoms with Gasteiger partial charge in [0.15, 0.2) is 0 Å². The van der Waals surface area contributed by atoms with Crippen LogP contribution < -0.4 is 0 Å². The first-order chi connectivity index (χ1) is 8.54. The van der Waals surface area contributed by atoms with Crippen LogP contribution in [0.5, 0.6) is 0 Å². The number of hydrogen-bond donors (Lipinski definition) is 0. The van der Waals surface area contributed by atoms with Gasteiger partial charge in [0.05, 0.1) is 5.38 Å². The zero-order valence-corrected chi connectivity index (χ0v) is 11.7. The van der Waals surface area contributed by atoms with Crippen molar-refractivity contribution in [2.75, 3.05) is 0 Å². The molecule has 0 radical (unpaired) electrons. The van der Waals surface area contributed by atoms with Crippen LogP contribution in [-0.4, -0.2) is 0 Å². The lowest BCUT2D eigenvalue weighted by Gasteiger charge is -2.10. The van der Waals surface area contributed by atoms with E-state index < -0.39 is 17.0 Å². The monoisotopic (exact) mass is 330 g/mol. The molecule has 18 heavy (non-hydrogen) atoms. The van der Waals surface area contributed by atoms with E-state index in [1.807, 2.05) is 24.3 Å². The van der Waals surface area contributed by atoms with E-state index in [0.29, 0.717) is 12.0 Å². The van der Waals surface area contributed by atoms with Crippen LogP contribution in [0, 0.1) is 11.6 Å². The van der Waals surface area contributed by atoms with Gasteiger partial charge in [0, 0.05) is 10.5 Å². The van der Waals surface area contributed by atoms with E-state index >= 15 is 0 Å². The summed E-state index contributed by atoms with van der Waals surface area (Å²) in [6, 6.07) is 11.0. The van der Waals surface area contributed by atoms with Crippen molar-refractivity contribution in [3.63, 3.8) is 0 Å². The van der Waals surface area contributed by atoms with E-state index in [1.54, 1.807) is 0 Å². The van der Waals surface area contributed by atoms with Gasteiger partial charge in [-0.05, 0) is 41.8 Å². The van der Waals surface area contributed by atoms with E-state index in [1.165, 1.54) is 12.1 Å². The number of benzene rings is 2. The maximum absolute atomic E-state index is 13.1. The maximum atomic E-state index is 13.1. The van der Waals surface area contributed by atoms with Crippen LogP contribution >= 0.6 is 27.5 Å². The third-order valence-electron chi connectivity index (χ3n) is 2.55.